The van der Waals surface area contributed by atoms with Gasteiger partial charge in [-0.1, -0.05) is 84.4 Å². The molecule has 0 atom stereocenters. The second-order valence-corrected chi connectivity index (χ2v) is 28.8. The lowest BCUT2D eigenvalue weighted by Gasteiger charge is -2.08. The monoisotopic (exact) mass is 1980 g/mol. The van der Waals surface area contributed by atoms with E-state index >= 15 is 0 Å². The number of hydrogen-bond donors (Lipinski definition) is 8. The molecule has 0 saturated carbocycles. The molecule has 8 rings (SSSR count). The molecule has 0 saturated heterocycles. The molecule has 0 aliphatic heterocycles. The number of nitrogens with two attached hydrogens (primary N) is 8. The highest BCUT2D eigenvalue weighted by Gasteiger charge is 2.07. The maximum atomic E-state index is 13.0. The van der Waals surface area contributed by atoms with E-state index in [2.05, 4.69) is 113 Å². The van der Waals surface area contributed by atoms with Crippen LogP contribution in [-0.2, 0) is 52.4 Å². The van der Waals surface area contributed by atoms with Gasteiger partial charge in [-0.2, -0.15) is 0 Å². The quantitative estimate of drug-likeness (QED) is 0.00640. The van der Waals surface area contributed by atoms with Gasteiger partial charge in [0.05, 0.1) is 126 Å². The number of halogens is 12. The molecule has 8 aromatic carbocycles. The van der Waals surface area contributed by atoms with E-state index < -0.39 is 26.7 Å². The first-order valence-electron chi connectivity index (χ1n) is 35.8. The smallest absolute Gasteiger partial charge is 0.138 e. The normalized spacial score (nSPS) is 11.6. The van der Waals surface area contributed by atoms with Crippen molar-refractivity contribution in [1.29, 1.82) is 0 Å². The van der Waals surface area contributed by atoms with Gasteiger partial charge in [-0.3, -0.25) is 44.3 Å². The van der Waals surface area contributed by atoms with Gasteiger partial charge in [0.15, 0.2) is 0 Å². The van der Waals surface area contributed by atoms with Gasteiger partial charge in [0.1, 0.15) is 93.5 Å². The van der Waals surface area contributed by atoms with E-state index in [0.717, 1.165) is 53.6 Å². The average Bonchev–Trinajstić information content (AvgIpc) is 0.885. The summed E-state index contributed by atoms with van der Waals surface area (Å²) in [5.74, 6) is 7.16. The van der Waals surface area contributed by atoms with Crippen molar-refractivity contribution in [1.82, 2.24) is 0 Å². The minimum atomic E-state index is -0.533. The first-order chi connectivity index (χ1) is 55.3. The van der Waals surface area contributed by atoms with E-state index in [1.807, 2.05) is 101 Å². The Labute approximate surface area is 726 Å². The molecular formula is C83H106Br2ClF7I2N16O5. The molecule has 0 heterocycles. The molecule has 0 aliphatic carbocycles. The van der Waals surface area contributed by atoms with Crippen LogP contribution >= 0.6 is 88.6 Å². The van der Waals surface area contributed by atoms with Crippen LogP contribution in [0.5, 0.6) is 28.7 Å². The van der Waals surface area contributed by atoms with Crippen LogP contribution in [0.25, 0.3) is 0 Å². The zero-order chi connectivity index (χ0) is 86.6. The summed E-state index contributed by atoms with van der Waals surface area (Å²) >= 11 is 16.9. The molecule has 0 bridgehead atoms. The number of benzene rings is 8. The van der Waals surface area contributed by atoms with Crippen LogP contribution in [0.2, 0.25) is 5.02 Å². The fraction of sp³-hybridized carbons (Fsp3) is 0.325. The molecule has 0 unspecified atom stereocenters. The Morgan fingerprint density at radius 2 is 0.655 bits per heavy atom. The summed E-state index contributed by atoms with van der Waals surface area (Å²) in [6.07, 6.45) is 0.408. The van der Waals surface area contributed by atoms with Crippen molar-refractivity contribution < 1.29 is 54.4 Å². The fourth-order valence-corrected chi connectivity index (χ4v) is 10.4. The maximum absolute atomic E-state index is 13.0. The molecule has 0 radical (unpaired) electrons. The van der Waals surface area contributed by atoms with Gasteiger partial charge in [-0.05, 0) is 274 Å². The van der Waals surface area contributed by atoms with Crippen LogP contribution in [0, 0.1) is 18.8 Å². The number of nitrogens with zero attached hydrogens (tertiary/aromatic N) is 8. The summed E-state index contributed by atoms with van der Waals surface area (Å²) in [5.41, 5.74) is 51.4. The SMILES string of the molecule is CC(N)=NCc1ccc(OCCC[18F])c(Br)c1.CC(N)=NCc1ccc(OCC[18F])c(Br)c1.CC(N)=NCc1ccc(OCC[18F])c(Cl)c1.CC(N)=NCc1ccc(OCC[18F])cc1.CC(N)=NCc1ccc([131I])c(F)c1.CC(N)=NCc1ccc([18F])cc1.CC(N)=NCc1cccc(OCC[18F])c1.CC(N)=NCc1cccc([124I])c1. The van der Waals surface area contributed by atoms with Crippen molar-refractivity contribution in [2.24, 2.45) is 85.8 Å². The van der Waals surface area contributed by atoms with Crippen molar-refractivity contribution in [3.63, 3.8) is 0 Å². The van der Waals surface area contributed by atoms with E-state index in [9.17, 15) is 30.7 Å². The molecule has 0 spiro atoms. The van der Waals surface area contributed by atoms with Gasteiger partial charge in [0.2, 0.25) is 0 Å². The molecule has 16 N–H and O–H groups in total. The van der Waals surface area contributed by atoms with Crippen molar-refractivity contribution >= 4 is 135 Å². The van der Waals surface area contributed by atoms with Gasteiger partial charge in [0.25, 0.3) is 0 Å². The molecule has 8 aromatic rings. The van der Waals surface area contributed by atoms with Gasteiger partial charge < -0.3 is 69.6 Å². The summed E-state index contributed by atoms with van der Waals surface area (Å²) in [4.78, 5) is 32.6. The highest BCUT2D eigenvalue weighted by atomic mass is 131. The lowest BCUT2D eigenvalue weighted by atomic mass is 10.2. The minimum absolute atomic E-state index is 0.0130. The Balaban J connectivity index is 0.000000665. The number of ether oxygens (including phenoxy) is 5. The molecule has 21 nitrogen and oxygen atoms in total. The van der Waals surface area contributed by atoms with Crippen LogP contribution < -0.4 is 69.6 Å². The predicted octanol–water partition coefficient (Wildman–Crippen LogP) is 18.3. The molecule has 0 fully saturated rings. The number of alkyl halides is 5. The Kier molecular flexibility index (Phi) is 57.7. The highest BCUT2D eigenvalue weighted by molar-refractivity contribution is 14.1. The summed E-state index contributed by atoms with van der Waals surface area (Å²) < 4.78 is 114. The molecule has 0 aliphatic rings. The molecule has 0 aromatic heterocycles. The molecular weight excluding hydrogens is 1880 g/mol. The summed E-state index contributed by atoms with van der Waals surface area (Å²) in [7, 11) is 0. The summed E-state index contributed by atoms with van der Waals surface area (Å²) in [6, 6.07) is 50.8. The first kappa shape index (κ1) is 105. The van der Waals surface area contributed by atoms with Crippen molar-refractivity contribution in [3.05, 3.63) is 247 Å². The first-order valence-corrected chi connectivity index (χ1v) is 39.9. The summed E-state index contributed by atoms with van der Waals surface area (Å²) in [6.45, 7) is 16.5. The lowest BCUT2D eigenvalue weighted by Crippen LogP contribution is -2.05. The van der Waals surface area contributed by atoms with Crippen molar-refractivity contribution in [2.75, 3.05) is 66.4 Å². The Hall–Kier alpha value is -9.26. The standard InChI is InChI=1S/C12H16BrFN2O.C11H14BrFN2O.C11H14ClFN2O.2C11H15FN2O.C9H10FIN2.C9H11FN2.C9H11IN2/c1-9(15)16-8-10-3-4-12(11(13)7-10)17-6-2-5-14;2*1-8(14)15-7-9-2-3-11(10(12)6-9)16-5-4-13;1-9(13)14-8-10-2-4-11(5-3-10)15-7-6-12;1-9(13)14-8-10-3-2-4-11(7-10)15-6-5-12;1-6(12)13-5-7-2-3-9(11)8(10)4-7;1-7(11)12-6-8-2-4-9(10)5-3-8;1-7(11)12-6-8-3-2-4-9(10)5-8/h3-4,7H,2,5-6,8H2,1H3,(H2,15,16);2*2-3,6H,4-5,7H2,1H3,(H2,14,15);2-5H,6-8H2,1H3,(H2,13,14);2-4,7H,5-6,8H2,1H3,(H2,13,14);2-4H,5H2,1H3,(H2,12,13);2*2-5H,6H2,1H3,(H2,11,12)/i14-1;2*13-1;2*12-1;11+4;10-1;10-3. The average molecular weight is 1980 g/mol. The van der Waals surface area contributed by atoms with Crippen molar-refractivity contribution in [3.8, 4) is 28.7 Å². The van der Waals surface area contributed by atoms with Gasteiger partial charge >= 0.3 is 0 Å². The van der Waals surface area contributed by atoms with E-state index in [-0.39, 0.29) is 44.7 Å². The topological polar surface area (TPSA) is 353 Å². The Morgan fingerprint density at radius 3 is 1.03 bits per heavy atom. The van der Waals surface area contributed by atoms with Crippen molar-refractivity contribution in [2.45, 2.75) is 114 Å². The third-order valence-electron chi connectivity index (χ3n) is 13.6. The minimum Gasteiger partial charge on any atom is -0.492 e. The second kappa shape index (κ2) is 63.9. The van der Waals surface area contributed by atoms with Gasteiger partial charge in [-0.25, -0.2) is 26.3 Å². The van der Waals surface area contributed by atoms with Gasteiger partial charge in [-0.15, -0.1) is 0 Å². The van der Waals surface area contributed by atoms with E-state index in [1.54, 1.807) is 110 Å². The second-order valence-electron chi connectivity index (χ2n) is 24.3. The third kappa shape index (κ3) is 54.6. The highest BCUT2D eigenvalue weighted by Crippen LogP contribution is 2.29. The largest absolute Gasteiger partial charge is 0.492 e. The fourth-order valence-electron chi connectivity index (χ4n) is 8.14. The predicted molar refractivity (Wildman–Crippen MR) is 487 cm³/mol. The number of amidine groups is 8. The molecule has 632 valence electrons. The van der Waals surface area contributed by atoms with E-state index in [1.165, 1.54) is 27.3 Å². The van der Waals surface area contributed by atoms with Crippen LogP contribution in [-0.4, -0.2) is 113 Å². The van der Waals surface area contributed by atoms with E-state index in [4.69, 9.17) is 81.2 Å². The molecule has 0 amide bonds. The number of hydrogen-bond acceptors (Lipinski definition) is 13. The Bertz CT molecular complexity index is 4280. The lowest BCUT2D eigenvalue weighted by molar-refractivity contribution is 0.272. The number of aliphatic imine (C=N–C) groups is 8. The zero-order valence-corrected chi connectivity index (χ0v) is 74.6. The van der Waals surface area contributed by atoms with Crippen LogP contribution in [0.1, 0.15) is 106 Å². The van der Waals surface area contributed by atoms with E-state index in [0.29, 0.717) is 144 Å². The third-order valence-corrected chi connectivity index (χ3v) is 16.7. The number of rotatable bonds is 32. The van der Waals surface area contributed by atoms with Gasteiger partial charge in [0, 0.05) is 13.6 Å². The van der Waals surface area contributed by atoms with Crippen LogP contribution in [0.15, 0.2) is 219 Å². The maximum Gasteiger partial charge on any atom is 0.138 e. The zero-order valence-electron chi connectivity index (χ0n) is 66.4. The van der Waals surface area contributed by atoms with Crippen LogP contribution in [0.3, 0.4) is 0 Å². The summed E-state index contributed by atoms with van der Waals surface area (Å²) in [5, 5.41) is 0.454. The Morgan fingerprint density at radius 1 is 0.345 bits per heavy atom. The molecule has 116 heavy (non-hydrogen) atoms. The molecule has 33 heteroatoms. The van der Waals surface area contributed by atoms with Crippen LogP contribution in [0.4, 0.5) is 30.7 Å².